The molecule has 1 fully saturated rings. The van der Waals surface area contributed by atoms with Crippen LogP contribution in [0.15, 0.2) is 36.4 Å². The van der Waals surface area contributed by atoms with Gasteiger partial charge in [0.1, 0.15) is 5.75 Å². The van der Waals surface area contributed by atoms with Gasteiger partial charge in [0.25, 0.3) is 5.69 Å². The van der Waals surface area contributed by atoms with Crippen LogP contribution < -0.4 is 15.0 Å². The molecule has 0 atom stereocenters. The predicted octanol–water partition coefficient (Wildman–Crippen LogP) is 4.32. The first kappa shape index (κ1) is 20.4. The van der Waals surface area contributed by atoms with E-state index in [2.05, 4.69) is 10.2 Å². The number of hydrogen-bond donors (Lipinski definition) is 1. The van der Waals surface area contributed by atoms with Crippen LogP contribution in [-0.4, -0.2) is 35.7 Å². The van der Waals surface area contributed by atoms with E-state index in [0.29, 0.717) is 22.6 Å². The molecule has 3 heterocycles. The molecule has 3 aromatic rings. The fraction of sp³-hybridized carbons (Fsp3) is 0.273. The second kappa shape index (κ2) is 8.56. The average molecular weight is 452 g/mol. The Hall–Kier alpha value is -3.50. The Bertz CT molecular complexity index is 1230. The van der Waals surface area contributed by atoms with E-state index in [0.717, 1.165) is 28.4 Å². The summed E-state index contributed by atoms with van der Waals surface area (Å²) in [5, 5.41) is 15.1. The molecule has 1 amide bonds. The van der Waals surface area contributed by atoms with E-state index in [-0.39, 0.29) is 25.0 Å². The minimum Gasteiger partial charge on any atom is -0.467 e. The zero-order valence-electron chi connectivity index (χ0n) is 17.1. The number of hydrogen-bond acceptors (Lipinski definition) is 8. The first-order valence-electron chi connectivity index (χ1n) is 10.2. The fourth-order valence-corrected chi connectivity index (χ4v) is 4.90. The first-order valence-corrected chi connectivity index (χ1v) is 11.0. The lowest BCUT2D eigenvalue weighted by Gasteiger charge is -2.19. The monoisotopic (exact) mass is 452 g/mol. The van der Waals surface area contributed by atoms with Gasteiger partial charge >= 0.3 is 0 Å². The Morgan fingerprint density at radius 3 is 2.91 bits per heavy atom. The lowest BCUT2D eigenvalue weighted by molar-refractivity contribution is -0.385. The molecule has 0 saturated carbocycles. The largest absolute Gasteiger partial charge is 0.467 e. The third-order valence-corrected chi connectivity index (χ3v) is 6.45. The summed E-state index contributed by atoms with van der Waals surface area (Å²) in [5.41, 5.74) is 2.53. The maximum absolute atomic E-state index is 12.5. The molecular weight excluding hydrogens is 432 g/mol. The second-order valence-electron chi connectivity index (χ2n) is 7.59. The van der Waals surface area contributed by atoms with E-state index in [4.69, 9.17) is 14.5 Å². The van der Waals surface area contributed by atoms with Gasteiger partial charge in [-0.3, -0.25) is 14.9 Å². The van der Waals surface area contributed by atoms with Crippen molar-refractivity contribution in [2.75, 3.05) is 30.1 Å². The Morgan fingerprint density at radius 1 is 1.25 bits per heavy atom. The van der Waals surface area contributed by atoms with Crippen LogP contribution in [0.5, 0.6) is 5.75 Å². The summed E-state index contributed by atoms with van der Waals surface area (Å²) in [6, 6.07) is 8.44. The molecule has 10 heteroatoms. The number of amides is 1. The van der Waals surface area contributed by atoms with Gasteiger partial charge in [0, 0.05) is 48.1 Å². The van der Waals surface area contributed by atoms with E-state index in [9.17, 15) is 14.9 Å². The normalized spacial score (nSPS) is 15.7. The molecule has 0 spiro atoms. The maximum atomic E-state index is 12.5. The third-order valence-electron chi connectivity index (χ3n) is 5.37. The Balaban J connectivity index is 1.34. The molecule has 32 heavy (non-hydrogen) atoms. The van der Waals surface area contributed by atoms with Crippen molar-refractivity contribution >= 4 is 50.0 Å². The number of nitrogens with zero attached hydrogens (tertiary/aromatic N) is 3. The molecule has 2 aromatic carbocycles. The minimum absolute atomic E-state index is 0.0616. The summed E-state index contributed by atoms with van der Waals surface area (Å²) in [7, 11) is 0. The lowest BCUT2D eigenvalue weighted by Crippen LogP contribution is -2.16. The summed E-state index contributed by atoms with van der Waals surface area (Å²) in [5.74, 6) is 0.146. The molecule has 1 aromatic heterocycles. The number of nitro groups is 1. The van der Waals surface area contributed by atoms with E-state index in [1.54, 1.807) is 11.3 Å². The molecule has 0 aliphatic carbocycles. The van der Waals surface area contributed by atoms with Gasteiger partial charge in [-0.25, -0.2) is 4.98 Å². The van der Waals surface area contributed by atoms with Crippen LogP contribution in [0.2, 0.25) is 0 Å². The fourth-order valence-electron chi connectivity index (χ4n) is 3.84. The number of ether oxygens (including phenoxy) is 2. The molecule has 1 saturated heterocycles. The number of rotatable bonds is 5. The molecule has 2 aliphatic heterocycles. The van der Waals surface area contributed by atoms with Gasteiger partial charge in [0.2, 0.25) is 5.91 Å². The summed E-state index contributed by atoms with van der Waals surface area (Å²) in [4.78, 5) is 30.2. The highest BCUT2D eigenvalue weighted by atomic mass is 32.1. The average Bonchev–Trinajstić information content (AvgIpc) is 3.46. The number of benzene rings is 2. The molecule has 0 radical (unpaired) electrons. The zero-order chi connectivity index (χ0) is 22.1. The quantitative estimate of drug-likeness (QED) is 0.349. The second-order valence-corrected chi connectivity index (χ2v) is 8.60. The van der Waals surface area contributed by atoms with Gasteiger partial charge in [-0.1, -0.05) is 11.3 Å². The van der Waals surface area contributed by atoms with Crippen molar-refractivity contribution in [2.45, 2.75) is 19.4 Å². The Labute approximate surface area is 187 Å². The van der Waals surface area contributed by atoms with E-state index in [1.807, 2.05) is 18.2 Å². The molecule has 9 nitrogen and oxygen atoms in total. The van der Waals surface area contributed by atoms with Crippen LogP contribution in [0.25, 0.3) is 16.3 Å². The molecule has 2 aliphatic rings. The van der Waals surface area contributed by atoms with Crippen LogP contribution in [0, 0.1) is 10.1 Å². The highest BCUT2D eigenvalue weighted by Crippen LogP contribution is 2.34. The Kier molecular flexibility index (Phi) is 5.46. The Morgan fingerprint density at radius 2 is 2.09 bits per heavy atom. The van der Waals surface area contributed by atoms with Gasteiger partial charge in [0.05, 0.1) is 21.7 Å². The SMILES string of the molecule is O=C(/C=C/c1cc([N+](=O)[O-])cc2c1OCOC2)Nc1ccc2nc(N3CCCC3)sc2c1. The summed E-state index contributed by atoms with van der Waals surface area (Å²) < 4.78 is 11.7. The number of aromatic nitrogens is 1. The van der Waals surface area contributed by atoms with Crippen LogP contribution in [0.3, 0.4) is 0 Å². The van der Waals surface area contributed by atoms with E-state index < -0.39 is 4.92 Å². The summed E-state index contributed by atoms with van der Waals surface area (Å²) in [6.07, 6.45) is 5.23. The topological polar surface area (TPSA) is 107 Å². The molecule has 5 rings (SSSR count). The summed E-state index contributed by atoms with van der Waals surface area (Å²) in [6.45, 7) is 2.35. The van der Waals surface area contributed by atoms with Crippen molar-refractivity contribution in [3.8, 4) is 5.75 Å². The standard InChI is InChI=1S/C22H20N4O5S/c27-20(6-3-14-9-17(26(28)29)10-15-12-30-13-31-21(14)15)23-16-4-5-18-19(11-16)32-22(24-18)25-7-1-2-8-25/h3-6,9-11H,1-2,7-8,12-13H2,(H,23,27)/b6-3+. The zero-order valence-corrected chi connectivity index (χ0v) is 17.9. The van der Waals surface area contributed by atoms with Crippen LogP contribution >= 0.6 is 11.3 Å². The molecular formula is C22H20N4O5S. The lowest BCUT2D eigenvalue weighted by atomic mass is 10.1. The predicted molar refractivity (Wildman–Crippen MR) is 122 cm³/mol. The number of carbonyl (C=O) groups excluding carboxylic acids is 1. The van der Waals surface area contributed by atoms with Gasteiger partial charge in [-0.15, -0.1) is 0 Å². The van der Waals surface area contributed by atoms with Gasteiger partial charge < -0.3 is 19.7 Å². The van der Waals surface area contributed by atoms with Crippen molar-refractivity contribution in [3.63, 3.8) is 0 Å². The summed E-state index contributed by atoms with van der Waals surface area (Å²) >= 11 is 1.62. The minimum atomic E-state index is -0.479. The first-order chi connectivity index (χ1) is 15.6. The van der Waals surface area contributed by atoms with Crippen LogP contribution in [0.4, 0.5) is 16.5 Å². The maximum Gasteiger partial charge on any atom is 0.270 e. The smallest absolute Gasteiger partial charge is 0.270 e. The van der Waals surface area contributed by atoms with Crippen LogP contribution in [0.1, 0.15) is 24.0 Å². The van der Waals surface area contributed by atoms with Crippen molar-refractivity contribution in [2.24, 2.45) is 0 Å². The molecule has 0 bridgehead atoms. The molecule has 164 valence electrons. The molecule has 0 unspecified atom stereocenters. The highest BCUT2D eigenvalue weighted by molar-refractivity contribution is 7.22. The number of nitro benzene ring substituents is 1. The van der Waals surface area contributed by atoms with Crippen molar-refractivity contribution in [1.82, 2.24) is 4.98 Å². The number of fused-ring (bicyclic) bond motifs is 2. The third kappa shape index (κ3) is 4.14. The van der Waals surface area contributed by atoms with Crippen molar-refractivity contribution < 1.29 is 19.2 Å². The van der Waals surface area contributed by atoms with Gasteiger partial charge in [-0.2, -0.15) is 0 Å². The number of carbonyl (C=O) groups is 1. The van der Waals surface area contributed by atoms with Gasteiger partial charge in [-0.05, 0) is 37.1 Å². The number of anilines is 2. The number of non-ortho nitro benzene ring substituents is 1. The van der Waals surface area contributed by atoms with Crippen LogP contribution in [-0.2, 0) is 16.1 Å². The van der Waals surface area contributed by atoms with Crippen molar-refractivity contribution in [3.05, 3.63) is 57.6 Å². The van der Waals surface area contributed by atoms with E-state index >= 15 is 0 Å². The van der Waals surface area contributed by atoms with Gasteiger partial charge in [0.15, 0.2) is 11.9 Å². The number of thiazole rings is 1. The highest BCUT2D eigenvalue weighted by Gasteiger charge is 2.20. The molecule has 1 N–H and O–H groups in total. The number of nitrogens with one attached hydrogen (secondary N) is 1. The van der Waals surface area contributed by atoms with E-state index in [1.165, 1.54) is 37.1 Å². The van der Waals surface area contributed by atoms with Crippen molar-refractivity contribution in [1.29, 1.82) is 0 Å².